The molecule has 2 aromatic rings. The molecule has 3 rings (SSSR count). The van der Waals surface area contributed by atoms with Gasteiger partial charge in [-0.2, -0.15) is 5.10 Å². The zero-order chi connectivity index (χ0) is 16.2. The lowest BCUT2D eigenvalue weighted by Gasteiger charge is -2.01. The minimum atomic E-state index is -0.506. The van der Waals surface area contributed by atoms with Crippen LogP contribution in [0.5, 0.6) is 0 Å². The maximum atomic E-state index is 11.9. The van der Waals surface area contributed by atoms with Gasteiger partial charge in [0.15, 0.2) is 0 Å². The molecule has 0 aromatic heterocycles. The maximum Gasteiger partial charge on any atom is 0.271 e. The molecule has 2 aromatic carbocycles. The highest BCUT2D eigenvalue weighted by atomic mass is 16.6. The molecule has 0 spiro atoms. The number of benzene rings is 2. The predicted molar refractivity (Wildman–Crippen MR) is 86.6 cm³/mol. The summed E-state index contributed by atoms with van der Waals surface area (Å²) in [5, 5.41) is 14.5. The lowest BCUT2D eigenvalue weighted by Crippen LogP contribution is -2.17. The number of hydrogen-bond acceptors (Lipinski definition) is 4. The Morgan fingerprint density at radius 1 is 1.13 bits per heavy atom. The smallest absolute Gasteiger partial charge is 0.267 e. The number of nitro benzene ring substituents is 1. The van der Waals surface area contributed by atoms with Gasteiger partial charge in [0.1, 0.15) is 0 Å². The standard InChI is InChI=1S/C17H15N3O3/c21-17(14-6-8-16(9-7-14)20(22)23)19-18-11-12-4-5-13-2-1-3-15(13)10-12/h4-11H,1-3H2,(H,19,21)/b18-11+. The summed E-state index contributed by atoms with van der Waals surface area (Å²) in [6.07, 6.45) is 5.00. The predicted octanol–water partition coefficient (Wildman–Crippen LogP) is 2.85. The number of hydrogen-bond donors (Lipinski definition) is 1. The van der Waals surface area contributed by atoms with E-state index in [2.05, 4.69) is 22.7 Å². The fourth-order valence-electron chi connectivity index (χ4n) is 2.64. The molecule has 116 valence electrons. The Morgan fingerprint density at radius 3 is 2.61 bits per heavy atom. The van der Waals surface area contributed by atoms with Gasteiger partial charge in [-0.1, -0.05) is 12.1 Å². The Kier molecular flexibility index (Phi) is 4.14. The molecule has 1 N–H and O–H groups in total. The van der Waals surface area contributed by atoms with E-state index in [1.807, 2.05) is 6.07 Å². The van der Waals surface area contributed by atoms with Crippen molar-refractivity contribution in [2.75, 3.05) is 0 Å². The van der Waals surface area contributed by atoms with Crippen molar-refractivity contribution < 1.29 is 9.72 Å². The van der Waals surface area contributed by atoms with Crippen molar-refractivity contribution in [2.24, 2.45) is 5.10 Å². The van der Waals surface area contributed by atoms with Gasteiger partial charge in [-0.3, -0.25) is 14.9 Å². The van der Waals surface area contributed by atoms with Crippen molar-refractivity contribution in [3.05, 3.63) is 74.8 Å². The average molecular weight is 309 g/mol. The summed E-state index contributed by atoms with van der Waals surface area (Å²) in [6, 6.07) is 11.5. The molecule has 6 heteroatoms. The number of non-ortho nitro benzene ring substituents is 1. The summed E-state index contributed by atoms with van der Waals surface area (Å²) in [7, 11) is 0. The SMILES string of the molecule is O=C(N/N=C/c1ccc2c(c1)CCC2)c1ccc([N+](=O)[O-])cc1. The summed E-state index contributed by atoms with van der Waals surface area (Å²) in [4.78, 5) is 22.0. The third-order valence-corrected chi connectivity index (χ3v) is 3.84. The van der Waals surface area contributed by atoms with Crippen LogP contribution in [0.2, 0.25) is 0 Å². The van der Waals surface area contributed by atoms with Crippen molar-refractivity contribution in [1.29, 1.82) is 0 Å². The Hall–Kier alpha value is -3.02. The fraction of sp³-hybridized carbons (Fsp3) is 0.176. The largest absolute Gasteiger partial charge is 0.271 e. The summed E-state index contributed by atoms with van der Waals surface area (Å²) in [6.45, 7) is 0. The number of hydrazone groups is 1. The van der Waals surface area contributed by atoms with Crippen LogP contribution in [0.4, 0.5) is 5.69 Å². The molecule has 6 nitrogen and oxygen atoms in total. The number of carbonyl (C=O) groups excluding carboxylic acids is 1. The maximum absolute atomic E-state index is 11.9. The number of nitrogens with one attached hydrogen (secondary N) is 1. The lowest BCUT2D eigenvalue weighted by atomic mass is 10.1. The van der Waals surface area contributed by atoms with Crippen LogP contribution in [0, 0.1) is 10.1 Å². The van der Waals surface area contributed by atoms with Crippen molar-refractivity contribution in [1.82, 2.24) is 5.43 Å². The molecule has 0 aliphatic heterocycles. The zero-order valence-corrected chi connectivity index (χ0v) is 12.4. The molecule has 0 bridgehead atoms. The minimum Gasteiger partial charge on any atom is -0.267 e. The summed E-state index contributed by atoms with van der Waals surface area (Å²) < 4.78 is 0. The first-order valence-electron chi connectivity index (χ1n) is 7.33. The van der Waals surface area contributed by atoms with Gasteiger partial charge in [0.2, 0.25) is 0 Å². The number of amides is 1. The molecule has 0 heterocycles. The number of aryl methyl sites for hydroxylation is 2. The third-order valence-electron chi connectivity index (χ3n) is 3.84. The molecular formula is C17H15N3O3. The molecule has 0 unspecified atom stereocenters. The van der Waals surface area contributed by atoms with Gasteiger partial charge in [0, 0.05) is 17.7 Å². The third kappa shape index (κ3) is 3.42. The molecule has 0 fully saturated rings. The van der Waals surface area contributed by atoms with Crippen LogP contribution in [0.3, 0.4) is 0 Å². The monoisotopic (exact) mass is 309 g/mol. The molecule has 0 saturated heterocycles. The van der Waals surface area contributed by atoms with Gasteiger partial charge < -0.3 is 0 Å². The molecule has 23 heavy (non-hydrogen) atoms. The van der Waals surface area contributed by atoms with Gasteiger partial charge >= 0.3 is 0 Å². The highest BCUT2D eigenvalue weighted by molar-refractivity contribution is 5.95. The van der Waals surface area contributed by atoms with E-state index in [1.54, 1.807) is 6.21 Å². The van der Waals surface area contributed by atoms with E-state index in [0.717, 1.165) is 18.4 Å². The minimum absolute atomic E-state index is 0.0526. The molecule has 0 radical (unpaired) electrons. The Morgan fingerprint density at radius 2 is 1.87 bits per heavy atom. The van der Waals surface area contributed by atoms with Crippen LogP contribution >= 0.6 is 0 Å². The summed E-state index contributed by atoms with van der Waals surface area (Å²) >= 11 is 0. The zero-order valence-electron chi connectivity index (χ0n) is 12.4. The fourth-order valence-corrected chi connectivity index (χ4v) is 2.64. The van der Waals surface area contributed by atoms with E-state index in [9.17, 15) is 14.9 Å². The van der Waals surface area contributed by atoms with Crippen LogP contribution in [0.25, 0.3) is 0 Å². The van der Waals surface area contributed by atoms with Crippen LogP contribution in [0.1, 0.15) is 33.5 Å². The normalized spacial score (nSPS) is 13.0. The molecule has 1 amide bonds. The second-order valence-electron chi connectivity index (χ2n) is 5.38. The second-order valence-corrected chi connectivity index (χ2v) is 5.38. The summed E-state index contributed by atoms with van der Waals surface area (Å²) in [5.74, 6) is -0.405. The number of nitro groups is 1. The highest BCUT2D eigenvalue weighted by Gasteiger charge is 2.10. The van der Waals surface area contributed by atoms with Gasteiger partial charge in [-0.25, -0.2) is 5.43 Å². The van der Waals surface area contributed by atoms with E-state index in [1.165, 1.54) is 41.8 Å². The van der Waals surface area contributed by atoms with E-state index in [0.29, 0.717) is 5.56 Å². The first-order chi connectivity index (χ1) is 11.1. The van der Waals surface area contributed by atoms with Crippen molar-refractivity contribution >= 4 is 17.8 Å². The van der Waals surface area contributed by atoms with Gasteiger partial charge in [-0.05, 0) is 54.2 Å². The lowest BCUT2D eigenvalue weighted by molar-refractivity contribution is -0.384. The Balaban J connectivity index is 1.63. The van der Waals surface area contributed by atoms with E-state index in [4.69, 9.17) is 0 Å². The van der Waals surface area contributed by atoms with Crippen LogP contribution in [-0.4, -0.2) is 17.0 Å². The van der Waals surface area contributed by atoms with Crippen molar-refractivity contribution in [3.8, 4) is 0 Å². The van der Waals surface area contributed by atoms with E-state index in [-0.39, 0.29) is 5.69 Å². The number of fused-ring (bicyclic) bond motifs is 1. The topological polar surface area (TPSA) is 84.6 Å². The van der Waals surface area contributed by atoms with Gasteiger partial charge in [0.25, 0.3) is 11.6 Å². The molecule has 0 saturated carbocycles. The first kappa shape index (κ1) is 14.9. The highest BCUT2D eigenvalue weighted by Crippen LogP contribution is 2.22. The summed E-state index contributed by atoms with van der Waals surface area (Å²) in [5.41, 5.74) is 6.36. The number of nitrogens with zero attached hydrogens (tertiary/aromatic N) is 2. The van der Waals surface area contributed by atoms with Crippen molar-refractivity contribution in [3.63, 3.8) is 0 Å². The van der Waals surface area contributed by atoms with Crippen LogP contribution in [-0.2, 0) is 12.8 Å². The molecular weight excluding hydrogens is 294 g/mol. The van der Waals surface area contributed by atoms with Crippen LogP contribution in [0.15, 0.2) is 47.6 Å². The Bertz CT molecular complexity index is 782. The molecule has 1 aliphatic carbocycles. The average Bonchev–Trinajstić information content (AvgIpc) is 3.02. The number of rotatable bonds is 4. The van der Waals surface area contributed by atoms with Gasteiger partial charge in [-0.15, -0.1) is 0 Å². The van der Waals surface area contributed by atoms with E-state index >= 15 is 0 Å². The molecule has 0 atom stereocenters. The molecule has 1 aliphatic rings. The Labute approximate surface area is 133 Å². The quantitative estimate of drug-likeness (QED) is 0.535. The van der Waals surface area contributed by atoms with Crippen LogP contribution < -0.4 is 5.43 Å². The first-order valence-corrected chi connectivity index (χ1v) is 7.33. The van der Waals surface area contributed by atoms with Crippen molar-refractivity contribution in [2.45, 2.75) is 19.3 Å². The second kappa shape index (κ2) is 6.39. The van der Waals surface area contributed by atoms with Gasteiger partial charge in [0.05, 0.1) is 11.1 Å². The number of carbonyl (C=O) groups is 1. The van der Waals surface area contributed by atoms with E-state index < -0.39 is 10.8 Å².